The van der Waals surface area contributed by atoms with E-state index >= 15 is 8.78 Å². The number of ketones is 1. The number of hydrogen-bond acceptors (Lipinski definition) is 8. The zero-order chi connectivity index (χ0) is 27.0. The molecule has 0 amide bonds. The molecule has 7 nitrogen and oxygen atoms in total. The van der Waals surface area contributed by atoms with Crippen LogP contribution in [0.4, 0.5) is 13.2 Å². The third-order valence-electron chi connectivity index (χ3n) is 9.55. The van der Waals surface area contributed by atoms with Gasteiger partial charge in [0, 0.05) is 28.7 Å². The van der Waals surface area contributed by atoms with Gasteiger partial charge in [-0.05, 0) is 61.6 Å². The second kappa shape index (κ2) is 8.56. The highest BCUT2D eigenvalue weighted by Gasteiger charge is 2.78. The Morgan fingerprint density at radius 1 is 1.30 bits per heavy atom. The number of hydrogen-bond donors (Lipinski definition) is 1. The molecule has 3 fully saturated rings. The zero-order valence-electron chi connectivity index (χ0n) is 20.6. The molecule has 37 heavy (non-hydrogen) atoms. The molecule has 0 radical (unpaired) electrons. The fourth-order valence-corrected chi connectivity index (χ4v) is 8.68. The number of fused-ring (bicyclic) bond motifs is 5. The van der Waals surface area contributed by atoms with Gasteiger partial charge in [0.1, 0.15) is 12.2 Å². The van der Waals surface area contributed by atoms with Crippen molar-refractivity contribution in [1.29, 1.82) is 0 Å². The minimum atomic E-state index is -2.36. The van der Waals surface area contributed by atoms with Crippen LogP contribution in [0.1, 0.15) is 50.6 Å². The van der Waals surface area contributed by atoms with Gasteiger partial charge in [-0.25, -0.2) is 18.0 Å². The topological polar surface area (TPSA) is 107 Å². The SMILES string of the molecule is C[C@@H]1C[C@H]2[C@@H]3C[C@H](F)C4=CC(=O)C=C[C@]4(C)[C@@]3(F)[C@H](O)C[C@]2(C)[C@@]1(OC(=O)c1ccno1)C(=O)SCF. The minimum absolute atomic E-state index is 0.0143. The van der Waals surface area contributed by atoms with E-state index in [9.17, 15) is 23.9 Å². The first-order chi connectivity index (χ1) is 17.4. The summed E-state index contributed by atoms with van der Waals surface area (Å²) in [6, 6.07) is 0.176. The van der Waals surface area contributed by atoms with Gasteiger partial charge in [-0.3, -0.25) is 9.59 Å². The number of carbonyl (C=O) groups is 3. The second-order valence-corrected chi connectivity index (χ2v) is 11.9. The molecule has 0 aliphatic heterocycles. The van der Waals surface area contributed by atoms with Gasteiger partial charge in [-0.1, -0.05) is 25.1 Å². The van der Waals surface area contributed by atoms with E-state index in [0.29, 0.717) is 11.8 Å². The second-order valence-electron chi connectivity index (χ2n) is 11.0. The zero-order valence-corrected chi connectivity index (χ0v) is 21.4. The Bertz CT molecular complexity index is 1200. The van der Waals surface area contributed by atoms with Crippen LogP contribution in [0.25, 0.3) is 0 Å². The molecule has 1 aromatic rings. The first-order valence-electron chi connectivity index (χ1n) is 12.2. The van der Waals surface area contributed by atoms with Crippen molar-refractivity contribution in [2.75, 3.05) is 6.01 Å². The van der Waals surface area contributed by atoms with Crippen LogP contribution in [0.3, 0.4) is 0 Å². The standard InChI is InChI=1S/C26H28F3NO6S/c1-13-8-15-16-10-18(28)17-9-14(31)4-6-23(17,2)25(16,29)20(32)11-24(15,3)26(13,22(34)37-12-27)35-21(33)19-5-7-30-36-19/h4-7,9,13,15-16,18,20,32H,8,10-12H2,1-3H3/t13-,15+,16+,18+,20-,23+,24+,25+,26+/m1/s1. The number of carbonyl (C=O) groups excluding carboxylic acids is 3. The fourth-order valence-electron chi connectivity index (χ4n) is 7.89. The lowest BCUT2D eigenvalue weighted by Crippen LogP contribution is -2.70. The summed E-state index contributed by atoms with van der Waals surface area (Å²) in [6.07, 6.45) is 1.03. The van der Waals surface area contributed by atoms with Crippen molar-refractivity contribution in [3.8, 4) is 0 Å². The predicted molar refractivity (Wildman–Crippen MR) is 126 cm³/mol. The number of nitrogens with zero attached hydrogens (tertiary/aromatic N) is 1. The van der Waals surface area contributed by atoms with Crippen LogP contribution in [-0.2, 0) is 14.3 Å². The summed E-state index contributed by atoms with van der Waals surface area (Å²) >= 11 is 0.336. The van der Waals surface area contributed by atoms with E-state index in [2.05, 4.69) is 5.16 Å². The van der Waals surface area contributed by atoms with E-state index in [1.165, 1.54) is 31.3 Å². The molecule has 0 saturated heterocycles. The average molecular weight is 540 g/mol. The van der Waals surface area contributed by atoms with Crippen molar-refractivity contribution in [3.05, 3.63) is 41.8 Å². The lowest BCUT2D eigenvalue weighted by molar-refractivity contribution is -0.221. The Hall–Kier alpha value is -2.40. The van der Waals surface area contributed by atoms with Crippen molar-refractivity contribution in [1.82, 2.24) is 5.16 Å². The number of rotatable bonds is 4. The number of allylic oxidation sites excluding steroid dienone is 4. The van der Waals surface area contributed by atoms with E-state index in [4.69, 9.17) is 9.26 Å². The molecule has 1 N–H and O–H groups in total. The Morgan fingerprint density at radius 2 is 2.03 bits per heavy atom. The molecule has 0 unspecified atom stereocenters. The van der Waals surface area contributed by atoms with Crippen LogP contribution in [-0.4, -0.2) is 56.7 Å². The Labute approximate surface area is 215 Å². The van der Waals surface area contributed by atoms with Crippen molar-refractivity contribution in [3.63, 3.8) is 0 Å². The number of aliphatic hydroxyl groups is 1. The molecule has 1 aromatic heterocycles. The number of aromatic nitrogens is 1. The summed E-state index contributed by atoms with van der Waals surface area (Å²) in [4.78, 5) is 38.6. The molecule has 0 aromatic carbocycles. The Balaban J connectivity index is 1.64. The maximum Gasteiger partial charge on any atom is 0.378 e. The van der Waals surface area contributed by atoms with Crippen molar-refractivity contribution < 1.29 is 41.9 Å². The maximum atomic E-state index is 17.4. The minimum Gasteiger partial charge on any atom is -0.443 e. The van der Waals surface area contributed by atoms with Gasteiger partial charge in [0.15, 0.2) is 17.1 Å². The number of ether oxygens (including phenoxy) is 1. The molecular formula is C26H28F3NO6S. The summed E-state index contributed by atoms with van der Waals surface area (Å²) in [5.41, 5.74) is -7.26. The monoisotopic (exact) mass is 539 g/mol. The summed E-state index contributed by atoms with van der Waals surface area (Å²) in [5, 5.41) is 14.2. The molecule has 4 aliphatic carbocycles. The Kier molecular flexibility index (Phi) is 6.06. The molecule has 200 valence electrons. The number of esters is 1. The molecule has 4 aliphatic rings. The summed E-state index contributed by atoms with van der Waals surface area (Å²) in [6.45, 7) is 4.75. The number of halogens is 3. The highest BCUT2D eigenvalue weighted by Crippen LogP contribution is 2.72. The smallest absolute Gasteiger partial charge is 0.378 e. The molecular weight excluding hydrogens is 511 g/mol. The first-order valence-corrected chi connectivity index (χ1v) is 13.2. The largest absolute Gasteiger partial charge is 0.443 e. The van der Waals surface area contributed by atoms with E-state index in [-0.39, 0.29) is 30.6 Å². The van der Waals surface area contributed by atoms with Crippen LogP contribution < -0.4 is 0 Å². The number of aliphatic hydroxyl groups excluding tert-OH is 1. The third-order valence-corrected chi connectivity index (χ3v) is 10.2. The lowest BCUT2D eigenvalue weighted by atomic mass is 9.44. The lowest BCUT2D eigenvalue weighted by Gasteiger charge is -2.63. The van der Waals surface area contributed by atoms with Gasteiger partial charge in [-0.15, -0.1) is 0 Å². The molecule has 0 bridgehead atoms. The van der Waals surface area contributed by atoms with Crippen LogP contribution in [0, 0.1) is 28.6 Å². The van der Waals surface area contributed by atoms with Crippen LogP contribution in [0.5, 0.6) is 0 Å². The summed E-state index contributed by atoms with van der Waals surface area (Å²) < 4.78 is 57.2. The van der Waals surface area contributed by atoms with E-state index < -0.39 is 75.0 Å². The molecule has 0 spiro atoms. The fraction of sp³-hybridized carbons (Fsp3) is 0.615. The van der Waals surface area contributed by atoms with Gasteiger partial charge in [0.2, 0.25) is 10.9 Å². The molecule has 5 rings (SSSR count). The maximum absolute atomic E-state index is 17.4. The van der Waals surface area contributed by atoms with Gasteiger partial charge >= 0.3 is 5.97 Å². The Morgan fingerprint density at radius 3 is 2.68 bits per heavy atom. The van der Waals surface area contributed by atoms with Crippen LogP contribution >= 0.6 is 11.8 Å². The van der Waals surface area contributed by atoms with E-state index in [1.807, 2.05) is 0 Å². The van der Waals surface area contributed by atoms with Crippen molar-refractivity contribution in [2.24, 2.45) is 28.6 Å². The van der Waals surface area contributed by atoms with Crippen LogP contribution in [0.15, 0.2) is 40.6 Å². The summed E-state index contributed by atoms with van der Waals surface area (Å²) in [5.74, 6) is -4.20. The average Bonchev–Trinajstić information content (AvgIpc) is 3.45. The van der Waals surface area contributed by atoms with Gasteiger partial charge in [0.05, 0.1) is 12.3 Å². The van der Waals surface area contributed by atoms with Gasteiger partial charge < -0.3 is 14.4 Å². The number of alkyl halides is 3. The van der Waals surface area contributed by atoms with Gasteiger partial charge in [0.25, 0.3) is 0 Å². The molecule has 1 heterocycles. The summed E-state index contributed by atoms with van der Waals surface area (Å²) in [7, 11) is 0. The van der Waals surface area contributed by atoms with Crippen molar-refractivity contribution in [2.45, 2.75) is 63.6 Å². The van der Waals surface area contributed by atoms with E-state index in [1.54, 1.807) is 13.8 Å². The number of thioether (sulfide) groups is 1. The van der Waals surface area contributed by atoms with E-state index in [0.717, 1.165) is 6.08 Å². The highest BCUT2D eigenvalue weighted by molar-refractivity contribution is 8.13. The first kappa shape index (κ1) is 26.2. The highest BCUT2D eigenvalue weighted by atomic mass is 32.2. The van der Waals surface area contributed by atoms with Gasteiger partial charge in [-0.2, -0.15) is 0 Å². The van der Waals surface area contributed by atoms with Crippen LogP contribution in [0.2, 0.25) is 0 Å². The molecule has 9 atom stereocenters. The quantitative estimate of drug-likeness (QED) is 0.564. The molecule has 3 saturated carbocycles. The molecule has 11 heteroatoms. The van der Waals surface area contributed by atoms with Crippen molar-refractivity contribution >= 4 is 28.6 Å². The third kappa shape index (κ3) is 3.25. The predicted octanol–water partition coefficient (Wildman–Crippen LogP) is 4.32. The normalized spacial score (nSPS) is 44.5.